The highest BCUT2D eigenvalue weighted by atomic mass is 35.5. The Morgan fingerprint density at radius 2 is 2.21 bits per heavy atom. The maximum absolute atomic E-state index is 11.8. The predicted octanol–water partition coefficient (Wildman–Crippen LogP) is 3.23. The van der Waals surface area contributed by atoms with Gasteiger partial charge in [-0.15, -0.1) is 0 Å². The summed E-state index contributed by atoms with van der Waals surface area (Å²) in [6.07, 6.45) is 0. The highest BCUT2D eigenvalue weighted by molar-refractivity contribution is 8.76. The van der Waals surface area contributed by atoms with Gasteiger partial charge in [0.1, 0.15) is 11.4 Å². The lowest BCUT2D eigenvalue weighted by Gasteiger charge is -2.01. The zero-order valence-electron chi connectivity index (χ0n) is 6.31. The molecular weight excluding hydrogens is 280 g/mol. The van der Waals surface area contributed by atoms with Gasteiger partial charge < -0.3 is 0 Å². The molecule has 0 atom stereocenters. The molecule has 3 nitrogen and oxygen atoms in total. The molecule has 0 saturated heterocycles. The monoisotopic (exact) mass is 279 g/mol. The van der Waals surface area contributed by atoms with E-state index in [9.17, 15) is 4.79 Å². The number of rotatable bonds is 0. The van der Waals surface area contributed by atoms with Crippen LogP contribution in [-0.4, -0.2) is 4.37 Å². The summed E-state index contributed by atoms with van der Waals surface area (Å²) in [6.45, 7) is 0. The molecule has 71 valence electrons. The second-order valence-electron chi connectivity index (χ2n) is 2.50. The number of aromatic nitrogens is 1. The number of halogens is 1. The van der Waals surface area contributed by atoms with Crippen molar-refractivity contribution in [3.63, 3.8) is 0 Å². The Bertz CT molecular complexity index is 536. The minimum absolute atomic E-state index is 0.102. The summed E-state index contributed by atoms with van der Waals surface area (Å²) < 4.78 is 8.08. The molecule has 3 aliphatic rings. The SMILES string of the molecule is O=c1c2nssc-2c(Cl)c2c1[N]SS2. The third kappa shape index (κ3) is 1.13. The molecule has 0 fully saturated rings. The summed E-state index contributed by atoms with van der Waals surface area (Å²) in [6, 6.07) is 0. The summed E-state index contributed by atoms with van der Waals surface area (Å²) >= 11 is 6.14. The second-order valence-corrected chi connectivity index (χ2v) is 6.58. The van der Waals surface area contributed by atoms with Crippen molar-refractivity contribution in [1.82, 2.24) is 9.10 Å². The van der Waals surface area contributed by atoms with E-state index in [-0.39, 0.29) is 5.43 Å². The first kappa shape index (κ1) is 9.29. The molecule has 2 heterocycles. The largest absolute Gasteiger partial charge is 0.285 e. The molecule has 8 heteroatoms. The lowest BCUT2D eigenvalue weighted by molar-refractivity contribution is 1.26. The van der Waals surface area contributed by atoms with Gasteiger partial charge in [0, 0.05) is 21.5 Å². The van der Waals surface area contributed by atoms with Crippen LogP contribution in [0.4, 0.5) is 5.69 Å². The zero-order chi connectivity index (χ0) is 9.71. The number of nitrogens with zero attached hydrogens (tertiary/aromatic N) is 2. The maximum Gasteiger partial charge on any atom is 0.234 e. The van der Waals surface area contributed by atoms with Crippen LogP contribution < -0.4 is 10.2 Å². The van der Waals surface area contributed by atoms with Gasteiger partial charge in [-0.3, -0.25) is 4.79 Å². The maximum atomic E-state index is 11.8. The fourth-order valence-electron chi connectivity index (χ4n) is 1.13. The van der Waals surface area contributed by atoms with Gasteiger partial charge in [-0.25, -0.2) is 0 Å². The Morgan fingerprint density at radius 3 is 3.07 bits per heavy atom. The van der Waals surface area contributed by atoms with Gasteiger partial charge in [0.2, 0.25) is 5.43 Å². The Hall–Kier alpha value is 0.0500. The molecule has 1 aliphatic carbocycles. The fraction of sp³-hybridized carbons (Fsp3) is 0. The molecule has 0 bridgehead atoms. The van der Waals surface area contributed by atoms with E-state index in [4.69, 9.17) is 11.6 Å². The van der Waals surface area contributed by atoms with Gasteiger partial charge in [0.25, 0.3) is 0 Å². The van der Waals surface area contributed by atoms with Gasteiger partial charge in [0.05, 0.1) is 14.8 Å². The van der Waals surface area contributed by atoms with E-state index in [0.717, 1.165) is 9.77 Å². The van der Waals surface area contributed by atoms with Crippen molar-refractivity contribution >= 4 is 59.9 Å². The second kappa shape index (κ2) is 3.28. The Balaban J connectivity index is 2.52. The molecule has 14 heavy (non-hydrogen) atoms. The van der Waals surface area contributed by atoms with Crippen molar-refractivity contribution in [2.24, 2.45) is 0 Å². The lowest BCUT2D eigenvalue weighted by atomic mass is 10.2. The highest BCUT2D eigenvalue weighted by Crippen LogP contribution is 2.51. The average Bonchev–Trinajstić information content (AvgIpc) is 2.82. The summed E-state index contributed by atoms with van der Waals surface area (Å²) in [4.78, 5) is 13.4. The van der Waals surface area contributed by atoms with Gasteiger partial charge in [-0.1, -0.05) is 21.9 Å². The standard InChI is InChI=1S/C6ClN2OS4/c7-1-5-2(8-13-11-5)4(10)3-6(1)12-14-9-3. The van der Waals surface area contributed by atoms with Crippen molar-refractivity contribution in [3.05, 3.63) is 15.2 Å². The van der Waals surface area contributed by atoms with Crippen LogP contribution in [0.15, 0.2) is 9.69 Å². The predicted molar refractivity (Wildman–Crippen MR) is 63.1 cm³/mol. The molecule has 0 aromatic carbocycles. The first-order valence-electron chi connectivity index (χ1n) is 3.45. The third-order valence-corrected chi connectivity index (χ3v) is 6.05. The van der Waals surface area contributed by atoms with Crippen molar-refractivity contribution < 1.29 is 0 Å². The normalized spacial score (nSPS) is 14.4. The Kier molecular flexibility index (Phi) is 2.17. The molecule has 0 unspecified atom stereocenters. The summed E-state index contributed by atoms with van der Waals surface area (Å²) in [5.41, 5.74) is 0.806. The van der Waals surface area contributed by atoms with E-state index in [2.05, 4.69) is 9.10 Å². The molecular formula is C6ClN2OS4. The van der Waals surface area contributed by atoms with E-state index in [1.54, 1.807) is 0 Å². The molecule has 1 radical (unpaired) electrons. The van der Waals surface area contributed by atoms with Crippen LogP contribution in [0.1, 0.15) is 0 Å². The zero-order valence-corrected chi connectivity index (χ0v) is 10.3. The van der Waals surface area contributed by atoms with Crippen molar-refractivity contribution in [1.29, 1.82) is 0 Å². The number of benzene rings is 1. The molecule has 0 amide bonds. The van der Waals surface area contributed by atoms with Crippen LogP contribution in [-0.2, 0) is 0 Å². The van der Waals surface area contributed by atoms with Crippen molar-refractivity contribution in [2.45, 2.75) is 4.90 Å². The minimum Gasteiger partial charge on any atom is -0.285 e. The quantitative estimate of drug-likeness (QED) is 0.549. The third-order valence-electron chi connectivity index (χ3n) is 1.76. The van der Waals surface area contributed by atoms with E-state index < -0.39 is 0 Å². The average molecular weight is 280 g/mol. The number of fused-ring (bicyclic) bond motifs is 2. The molecule has 3 rings (SSSR count). The van der Waals surface area contributed by atoms with Crippen LogP contribution in [0.25, 0.3) is 10.6 Å². The first-order valence-corrected chi connectivity index (χ1v) is 8.04. The van der Waals surface area contributed by atoms with Crippen LogP contribution in [0.2, 0.25) is 5.02 Å². The number of hydrogen-bond donors (Lipinski definition) is 0. The van der Waals surface area contributed by atoms with Gasteiger partial charge >= 0.3 is 0 Å². The van der Waals surface area contributed by atoms with Gasteiger partial charge in [-0.2, -0.15) is 9.10 Å². The van der Waals surface area contributed by atoms with E-state index in [1.807, 2.05) is 0 Å². The van der Waals surface area contributed by atoms with E-state index in [1.165, 1.54) is 42.7 Å². The van der Waals surface area contributed by atoms with Crippen LogP contribution in [0.3, 0.4) is 0 Å². The Labute approximate surface area is 99.3 Å². The molecule has 0 spiro atoms. The fourth-order valence-corrected chi connectivity index (χ4v) is 5.60. The Morgan fingerprint density at radius 1 is 1.36 bits per heavy atom. The topological polar surface area (TPSA) is 44.1 Å². The molecule has 0 aromatic rings. The highest BCUT2D eigenvalue weighted by Gasteiger charge is 2.29. The number of hydrogen-bond acceptors (Lipinski definition) is 6. The molecule has 0 aromatic heterocycles. The summed E-state index contributed by atoms with van der Waals surface area (Å²) in [7, 11) is 5.42. The van der Waals surface area contributed by atoms with Crippen LogP contribution in [0.5, 0.6) is 0 Å². The van der Waals surface area contributed by atoms with Crippen molar-refractivity contribution in [2.75, 3.05) is 0 Å². The first-order chi connectivity index (χ1) is 6.79. The van der Waals surface area contributed by atoms with Crippen LogP contribution >= 0.6 is 54.3 Å². The van der Waals surface area contributed by atoms with Crippen molar-refractivity contribution in [3.8, 4) is 10.6 Å². The van der Waals surface area contributed by atoms with Gasteiger partial charge in [-0.05, 0) is 10.8 Å². The van der Waals surface area contributed by atoms with Gasteiger partial charge in [0.15, 0.2) is 0 Å². The summed E-state index contributed by atoms with van der Waals surface area (Å²) in [5.74, 6) is 0. The lowest BCUT2D eigenvalue weighted by Crippen LogP contribution is -2.08. The molecule has 2 aliphatic heterocycles. The minimum atomic E-state index is -0.102. The molecule has 0 N–H and O–H groups in total. The molecule has 0 saturated carbocycles. The van der Waals surface area contributed by atoms with Crippen LogP contribution in [0, 0.1) is 0 Å². The summed E-state index contributed by atoms with van der Waals surface area (Å²) in [5, 5.41) is 0.618. The van der Waals surface area contributed by atoms with E-state index >= 15 is 0 Å². The smallest absolute Gasteiger partial charge is 0.234 e. The van der Waals surface area contributed by atoms with E-state index in [0.29, 0.717) is 16.4 Å².